The minimum Gasteiger partial charge on any atom is -0.330 e. The lowest BCUT2D eigenvalue weighted by atomic mass is 10.0. The number of rotatable bonds is 4. The Kier molecular flexibility index (Phi) is 4.62. The van der Waals surface area contributed by atoms with Crippen LogP contribution in [0.15, 0.2) is 24.3 Å². The molecule has 7 heteroatoms. The lowest BCUT2D eigenvalue weighted by Gasteiger charge is -2.34. The maximum absolute atomic E-state index is 13.7. The van der Waals surface area contributed by atoms with Gasteiger partial charge in [-0.2, -0.15) is 12.7 Å². The average Bonchev–Trinajstić information content (AvgIpc) is 2.47. The topological polar surface area (TPSA) is 66.6 Å². The van der Waals surface area contributed by atoms with E-state index in [4.69, 9.17) is 5.73 Å². The number of nitrogens with zero attached hydrogens (tertiary/aromatic N) is 2. The van der Waals surface area contributed by atoms with E-state index in [1.165, 1.54) is 29.6 Å². The number of benzene rings is 1. The summed E-state index contributed by atoms with van der Waals surface area (Å²) in [7, 11) is -2.33. The number of nitrogens with two attached hydrogens (primary N) is 1. The maximum atomic E-state index is 13.7. The molecule has 112 valence electrons. The van der Waals surface area contributed by atoms with Gasteiger partial charge in [-0.15, -0.1) is 0 Å². The molecule has 2 N–H and O–H groups in total. The summed E-state index contributed by atoms with van der Waals surface area (Å²) in [6.07, 6.45) is 1.72. The predicted molar refractivity (Wildman–Crippen MR) is 77.1 cm³/mol. The van der Waals surface area contributed by atoms with E-state index in [0.717, 1.165) is 17.1 Å². The number of para-hydroxylation sites is 1. The van der Waals surface area contributed by atoms with Crippen LogP contribution >= 0.6 is 0 Å². The van der Waals surface area contributed by atoms with Crippen LogP contribution in [0.4, 0.5) is 10.1 Å². The van der Waals surface area contributed by atoms with Gasteiger partial charge in [0.05, 0.1) is 5.69 Å². The number of hydrogen-bond acceptors (Lipinski definition) is 3. The van der Waals surface area contributed by atoms with Crippen molar-refractivity contribution in [2.45, 2.75) is 12.8 Å². The van der Waals surface area contributed by atoms with Crippen LogP contribution in [0.2, 0.25) is 0 Å². The second-order valence-electron chi connectivity index (χ2n) is 5.03. The van der Waals surface area contributed by atoms with E-state index in [9.17, 15) is 12.8 Å². The zero-order valence-electron chi connectivity index (χ0n) is 11.5. The largest absolute Gasteiger partial charge is 0.330 e. The molecule has 0 amide bonds. The highest BCUT2D eigenvalue weighted by atomic mass is 32.2. The molecule has 5 nitrogen and oxygen atoms in total. The highest BCUT2D eigenvalue weighted by molar-refractivity contribution is 7.90. The summed E-state index contributed by atoms with van der Waals surface area (Å²) in [5, 5.41) is 0. The van der Waals surface area contributed by atoms with Crippen molar-refractivity contribution in [3.8, 4) is 0 Å². The molecule has 0 aliphatic carbocycles. The summed E-state index contributed by atoms with van der Waals surface area (Å²) in [5.41, 5.74) is 5.68. The van der Waals surface area contributed by atoms with Crippen LogP contribution < -0.4 is 10.0 Å². The first kappa shape index (κ1) is 15.2. The molecule has 1 heterocycles. The summed E-state index contributed by atoms with van der Waals surface area (Å²) < 4.78 is 41.2. The van der Waals surface area contributed by atoms with Crippen molar-refractivity contribution in [3.05, 3.63) is 30.1 Å². The highest BCUT2D eigenvalue weighted by Gasteiger charge is 2.32. The van der Waals surface area contributed by atoms with Crippen molar-refractivity contribution in [1.82, 2.24) is 4.31 Å². The van der Waals surface area contributed by atoms with Gasteiger partial charge in [0.1, 0.15) is 5.82 Å². The minimum absolute atomic E-state index is 0.0578. The molecule has 1 atom stereocenters. The van der Waals surface area contributed by atoms with Crippen molar-refractivity contribution in [2.24, 2.45) is 11.7 Å². The lowest BCUT2D eigenvalue weighted by Crippen LogP contribution is -2.48. The van der Waals surface area contributed by atoms with E-state index in [0.29, 0.717) is 19.6 Å². The Morgan fingerprint density at radius 3 is 2.80 bits per heavy atom. The predicted octanol–water partition coefficient (Wildman–Crippen LogP) is 1.18. The van der Waals surface area contributed by atoms with E-state index in [1.807, 2.05) is 0 Å². The Bertz CT molecular complexity index is 564. The Balaban J connectivity index is 2.24. The first-order chi connectivity index (χ1) is 9.46. The van der Waals surface area contributed by atoms with Gasteiger partial charge >= 0.3 is 10.2 Å². The molecule has 1 aliphatic rings. The first-order valence-electron chi connectivity index (χ1n) is 6.65. The number of piperidine rings is 1. The van der Waals surface area contributed by atoms with Gasteiger partial charge in [0.15, 0.2) is 0 Å². The van der Waals surface area contributed by atoms with Gasteiger partial charge in [0.2, 0.25) is 0 Å². The van der Waals surface area contributed by atoms with Crippen LogP contribution in [-0.2, 0) is 10.2 Å². The third kappa shape index (κ3) is 2.94. The zero-order chi connectivity index (χ0) is 14.8. The van der Waals surface area contributed by atoms with Crippen molar-refractivity contribution >= 4 is 15.9 Å². The summed E-state index contributed by atoms with van der Waals surface area (Å²) in [6, 6.07) is 5.85. The summed E-state index contributed by atoms with van der Waals surface area (Å²) >= 11 is 0. The number of anilines is 1. The fraction of sp³-hybridized carbons (Fsp3) is 0.538. The molecule has 0 spiro atoms. The van der Waals surface area contributed by atoms with Crippen molar-refractivity contribution in [2.75, 3.05) is 31.0 Å². The first-order valence-corrected chi connectivity index (χ1v) is 8.05. The molecule has 0 saturated carbocycles. The summed E-state index contributed by atoms with van der Waals surface area (Å²) in [6.45, 7) is 1.32. The van der Waals surface area contributed by atoms with Crippen LogP contribution in [0.25, 0.3) is 0 Å². The molecular weight excluding hydrogens is 281 g/mol. The Morgan fingerprint density at radius 1 is 1.45 bits per heavy atom. The lowest BCUT2D eigenvalue weighted by molar-refractivity contribution is 0.271. The van der Waals surface area contributed by atoms with Gasteiger partial charge in [-0.1, -0.05) is 12.1 Å². The fourth-order valence-electron chi connectivity index (χ4n) is 2.43. The molecule has 1 fully saturated rings. The van der Waals surface area contributed by atoms with Gasteiger partial charge in [0.25, 0.3) is 0 Å². The minimum atomic E-state index is -3.71. The van der Waals surface area contributed by atoms with Crippen molar-refractivity contribution < 1.29 is 12.8 Å². The number of hydrogen-bond donors (Lipinski definition) is 1. The normalized spacial score (nSPS) is 20.9. The standard InChI is InChI=1S/C13H20FN3O2S/c1-16(13-7-3-2-6-12(13)14)20(18,19)17-8-4-5-11(9-15)10-17/h2-3,6-7,11H,4-5,8-10,15H2,1H3. The molecule has 1 saturated heterocycles. The molecule has 1 aromatic rings. The second kappa shape index (κ2) is 6.07. The highest BCUT2D eigenvalue weighted by Crippen LogP contribution is 2.25. The Morgan fingerprint density at radius 2 is 2.15 bits per heavy atom. The summed E-state index contributed by atoms with van der Waals surface area (Å²) in [5.74, 6) is -0.376. The smallest absolute Gasteiger partial charge is 0.303 e. The summed E-state index contributed by atoms with van der Waals surface area (Å²) in [4.78, 5) is 0. The van der Waals surface area contributed by atoms with Crippen LogP contribution in [0.5, 0.6) is 0 Å². The third-order valence-electron chi connectivity index (χ3n) is 3.68. The van der Waals surface area contributed by atoms with Gasteiger partial charge in [-0.3, -0.25) is 4.31 Å². The van der Waals surface area contributed by atoms with Crippen molar-refractivity contribution in [1.29, 1.82) is 0 Å². The van der Waals surface area contributed by atoms with Gasteiger partial charge in [-0.05, 0) is 37.4 Å². The second-order valence-corrected chi connectivity index (χ2v) is 6.99. The van der Waals surface area contributed by atoms with E-state index in [1.54, 1.807) is 6.07 Å². The average molecular weight is 301 g/mol. The van der Waals surface area contributed by atoms with Crippen LogP contribution in [0, 0.1) is 11.7 Å². The fourth-order valence-corrected chi connectivity index (χ4v) is 3.94. The van der Waals surface area contributed by atoms with E-state index >= 15 is 0 Å². The molecule has 1 unspecified atom stereocenters. The van der Waals surface area contributed by atoms with Crippen LogP contribution in [0.1, 0.15) is 12.8 Å². The molecule has 0 bridgehead atoms. The molecule has 0 aromatic heterocycles. The van der Waals surface area contributed by atoms with Crippen molar-refractivity contribution in [3.63, 3.8) is 0 Å². The molecule has 1 aromatic carbocycles. The number of halogens is 1. The zero-order valence-corrected chi connectivity index (χ0v) is 12.3. The quantitative estimate of drug-likeness (QED) is 0.908. The SMILES string of the molecule is CN(c1ccccc1F)S(=O)(=O)N1CCCC(CN)C1. The Labute approximate surface area is 119 Å². The van der Waals surface area contributed by atoms with Crippen LogP contribution in [0.3, 0.4) is 0 Å². The molecule has 2 rings (SSSR count). The van der Waals surface area contributed by atoms with E-state index < -0.39 is 16.0 Å². The van der Waals surface area contributed by atoms with Crippen LogP contribution in [-0.4, -0.2) is 39.4 Å². The molecular formula is C13H20FN3O2S. The molecule has 20 heavy (non-hydrogen) atoms. The molecule has 0 radical (unpaired) electrons. The van der Waals surface area contributed by atoms with Gasteiger partial charge in [0, 0.05) is 20.1 Å². The van der Waals surface area contributed by atoms with E-state index in [-0.39, 0.29) is 11.6 Å². The van der Waals surface area contributed by atoms with Gasteiger partial charge in [-0.25, -0.2) is 4.39 Å². The monoisotopic (exact) mass is 301 g/mol. The Hall–Kier alpha value is -1.18. The van der Waals surface area contributed by atoms with E-state index in [2.05, 4.69) is 0 Å². The molecule has 1 aliphatic heterocycles. The van der Waals surface area contributed by atoms with Gasteiger partial charge < -0.3 is 5.73 Å². The maximum Gasteiger partial charge on any atom is 0.303 e. The third-order valence-corrected chi connectivity index (χ3v) is 5.55.